The Labute approximate surface area is 99.1 Å². The number of hydrogen-bond acceptors (Lipinski definition) is 2. The number of carbonyl (C=O) groups is 1. The van der Waals surface area contributed by atoms with Gasteiger partial charge in [-0.05, 0) is 39.0 Å². The van der Waals surface area contributed by atoms with Crippen molar-refractivity contribution in [3.05, 3.63) is 12.2 Å². The predicted molar refractivity (Wildman–Crippen MR) is 66.2 cm³/mol. The molecule has 1 aliphatic rings. The lowest BCUT2D eigenvalue weighted by atomic mass is 9.96. The summed E-state index contributed by atoms with van der Waals surface area (Å²) >= 11 is 0. The first kappa shape index (κ1) is 13.3. The van der Waals surface area contributed by atoms with Crippen molar-refractivity contribution in [1.82, 2.24) is 0 Å². The second-order valence-corrected chi connectivity index (χ2v) is 5.11. The SMILES string of the molecule is C=C(CCC)C(=O)OC1(C)CCCCCC1. The molecule has 1 rings (SSSR count). The molecule has 0 aliphatic heterocycles. The fraction of sp³-hybridized carbons (Fsp3) is 0.786. The molecule has 0 amide bonds. The van der Waals surface area contributed by atoms with E-state index in [1.807, 2.05) is 6.92 Å². The maximum Gasteiger partial charge on any atom is 0.333 e. The van der Waals surface area contributed by atoms with Gasteiger partial charge in [0.25, 0.3) is 0 Å². The van der Waals surface area contributed by atoms with Crippen molar-refractivity contribution in [3.63, 3.8) is 0 Å². The van der Waals surface area contributed by atoms with Gasteiger partial charge in [-0.3, -0.25) is 0 Å². The van der Waals surface area contributed by atoms with Crippen LogP contribution in [0.3, 0.4) is 0 Å². The molecule has 2 nitrogen and oxygen atoms in total. The molecule has 0 bridgehead atoms. The van der Waals surface area contributed by atoms with Gasteiger partial charge in [-0.25, -0.2) is 4.79 Å². The van der Waals surface area contributed by atoms with Crippen LogP contribution in [-0.4, -0.2) is 11.6 Å². The number of hydrogen-bond donors (Lipinski definition) is 0. The summed E-state index contributed by atoms with van der Waals surface area (Å²) in [6.45, 7) is 7.90. The second kappa shape index (κ2) is 6.07. The number of carbonyl (C=O) groups excluding carboxylic acids is 1. The van der Waals surface area contributed by atoms with Gasteiger partial charge in [-0.2, -0.15) is 0 Å². The standard InChI is InChI=1S/C14H24O2/c1-4-9-12(2)13(15)16-14(3)10-7-5-6-8-11-14/h2,4-11H2,1,3H3. The molecule has 1 aliphatic carbocycles. The van der Waals surface area contributed by atoms with E-state index in [0.717, 1.165) is 25.7 Å². The van der Waals surface area contributed by atoms with Gasteiger partial charge in [0.05, 0.1) is 0 Å². The Balaban J connectivity index is 2.50. The molecule has 1 saturated carbocycles. The molecule has 0 spiro atoms. The Bertz CT molecular complexity index is 247. The van der Waals surface area contributed by atoms with Crippen LogP contribution in [0.25, 0.3) is 0 Å². The second-order valence-electron chi connectivity index (χ2n) is 5.11. The number of rotatable bonds is 4. The van der Waals surface area contributed by atoms with Gasteiger partial charge >= 0.3 is 5.97 Å². The van der Waals surface area contributed by atoms with Gasteiger partial charge in [0.1, 0.15) is 5.60 Å². The third-order valence-electron chi connectivity index (χ3n) is 3.34. The lowest BCUT2D eigenvalue weighted by Crippen LogP contribution is -2.31. The Morgan fingerprint density at radius 1 is 1.25 bits per heavy atom. The fourth-order valence-electron chi connectivity index (χ4n) is 2.28. The van der Waals surface area contributed by atoms with Crippen molar-refractivity contribution >= 4 is 5.97 Å². The molecular formula is C14H24O2. The van der Waals surface area contributed by atoms with Gasteiger partial charge in [-0.15, -0.1) is 0 Å². The zero-order valence-corrected chi connectivity index (χ0v) is 10.7. The zero-order valence-electron chi connectivity index (χ0n) is 10.7. The monoisotopic (exact) mass is 224 g/mol. The highest BCUT2D eigenvalue weighted by Crippen LogP contribution is 2.30. The Kier molecular flexibility index (Phi) is 5.04. The molecule has 0 aromatic heterocycles. The summed E-state index contributed by atoms with van der Waals surface area (Å²) in [6, 6.07) is 0. The lowest BCUT2D eigenvalue weighted by Gasteiger charge is -2.28. The smallest absolute Gasteiger partial charge is 0.333 e. The third-order valence-corrected chi connectivity index (χ3v) is 3.34. The van der Waals surface area contributed by atoms with E-state index in [4.69, 9.17) is 4.74 Å². The molecule has 2 heteroatoms. The van der Waals surface area contributed by atoms with E-state index in [1.165, 1.54) is 25.7 Å². The molecule has 0 aromatic carbocycles. The Morgan fingerprint density at radius 2 is 1.81 bits per heavy atom. The first-order valence-corrected chi connectivity index (χ1v) is 6.48. The molecule has 0 radical (unpaired) electrons. The molecule has 92 valence electrons. The van der Waals surface area contributed by atoms with Crippen molar-refractivity contribution in [3.8, 4) is 0 Å². The molecule has 0 N–H and O–H groups in total. The first-order valence-electron chi connectivity index (χ1n) is 6.48. The molecule has 0 aromatic rings. The Morgan fingerprint density at radius 3 is 2.31 bits per heavy atom. The van der Waals surface area contributed by atoms with Gasteiger partial charge in [0, 0.05) is 5.57 Å². The minimum absolute atomic E-state index is 0.189. The normalized spacial score (nSPS) is 19.9. The molecule has 16 heavy (non-hydrogen) atoms. The van der Waals surface area contributed by atoms with E-state index >= 15 is 0 Å². The molecular weight excluding hydrogens is 200 g/mol. The van der Waals surface area contributed by atoms with Crippen molar-refractivity contribution in [2.45, 2.75) is 70.8 Å². The van der Waals surface area contributed by atoms with Crippen LogP contribution in [0.5, 0.6) is 0 Å². The summed E-state index contributed by atoms with van der Waals surface area (Å²) in [5, 5.41) is 0. The summed E-state index contributed by atoms with van der Waals surface area (Å²) in [5.41, 5.74) is 0.373. The van der Waals surface area contributed by atoms with Crippen LogP contribution in [0.2, 0.25) is 0 Å². The zero-order chi connectivity index (χ0) is 12.0. The van der Waals surface area contributed by atoms with E-state index < -0.39 is 0 Å². The van der Waals surface area contributed by atoms with Gasteiger partial charge in [0.15, 0.2) is 0 Å². The number of esters is 1. The molecule has 0 unspecified atom stereocenters. The maximum atomic E-state index is 11.8. The highest BCUT2D eigenvalue weighted by molar-refractivity contribution is 5.87. The van der Waals surface area contributed by atoms with E-state index in [0.29, 0.717) is 5.57 Å². The summed E-state index contributed by atoms with van der Waals surface area (Å²) in [5.74, 6) is -0.189. The largest absolute Gasteiger partial charge is 0.456 e. The third kappa shape index (κ3) is 3.99. The topological polar surface area (TPSA) is 26.3 Å². The predicted octanol–water partition coefficient (Wildman–Crippen LogP) is 4.00. The van der Waals surface area contributed by atoms with Crippen LogP contribution in [0.1, 0.15) is 65.2 Å². The lowest BCUT2D eigenvalue weighted by molar-refractivity contribution is -0.154. The van der Waals surface area contributed by atoms with Crippen LogP contribution in [-0.2, 0) is 9.53 Å². The fourth-order valence-corrected chi connectivity index (χ4v) is 2.28. The van der Waals surface area contributed by atoms with Gasteiger partial charge in [0.2, 0.25) is 0 Å². The van der Waals surface area contributed by atoms with E-state index in [9.17, 15) is 4.79 Å². The molecule has 0 saturated heterocycles. The molecule has 0 atom stereocenters. The average molecular weight is 224 g/mol. The van der Waals surface area contributed by atoms with Crippen molar-refractivity contribution < 1.29 is 9.53 Å². The minimum atomic E-state index is -0.246. The van der Waals surface area contributed by atoms with Crippen molar-refractivity contribution in [2.24, 2.45) is 0 Å². The van der Waals surface area contributed by atoms with Crippen molar-refractivity contribution in [2.75, 3.05) is 0 Å². The first-order chi connectivity index (χ1) is 7.57. The van der Waals surface area contributed by atoms with Crippen LogP contribution in [0.15, 0.2) is 12.2 Å². The van der Waals surface area contributed by atoms with Crippen LogP contribution in [0, 0.1) is 0 Å². The van der Waals surface area contributed by atoms with Crippen molar-refractivity contribution in [1.29, 1.82) is 0 Å². The van der Waals surface area contributed by atoms with E-state index in [-0.39, 0.29) is 11.6 Å². The summed E-state index contributed by atoms with van der Waals surface area (Å²) in [4.78, 5) is 11.8. The van der Waals surface area contributed by atoms with Crippen LogP contribution >= 0.6 is 0 Å². The van der Waals surface area contributed by atoms with Gasteiger partial charge in [-0.1, -0.05) is 32.8 Å². The van der Waals surface area contributed by atoms with E-state index in [1.54, 1.807) is 0 Å². The highest BCUT2D eigenvalue weighted by atomic mass is 16.6. The maximum absolute atomic E-state index is 11.8. The summed E-state index contributed by atoms with van der Waals surface area (Å²) < 4.78 is 5.63. The molecule has 1 fully saturated rings. The number of ether oxygens (including phenoxy) is 1. The summed E-state index contributed by atoms with van der Waals surface area (Å²) in [6.07, 6.45) is 8.57. The Hall–Kier alpha value is -0.790. The van der Waals surface area contributed by atoms with Crippen LogP contribution in [0.4, 0.5) is 0 Å². The quantitative estimate of drug-likeness (QED) is 0.410. The van der Waals surface area contributed by atoms with Crippen LogP contribution < -0.4 is 0 Å². The van der Waals surface area contributed by atoms with Gasteiger partial charge < -0.3 is 4.74 Å². The summed E-state index contributed by atoms with van der Waals surface area (Å²) in [7, 11) is 0. The highest BCUT2D eigenvalue weighted by Gasteiger charge is 2.30. The average Bonchev–Trinajstić information content (AvgIpc) is 2.43. The van der Waals surface area contributed by atoms with E-state index in [2.05, 4.69) is 13.5 Å². The minimum Gasteiger partial charge on any atom is -0.456 e. The molecule has 0 heterocycles.